The molecule has 0 aliphatic carbocycles. The van der Waals surface area contributed by atoms with Crippen molar-refractivity contribution in [3.8, 4) is 0 Å². The Morgan fingerprint density at radius 2 is 0.570 bits per heavy atom. The summed E-state index contributed by atoms with van der Waals surface area (Å²) in [5.41, 5.74) is 23.7. The lowest BCUT2D eigenvalue weighted by Crippen LogP contribution is -2.27. The summed E-state index contributed by atoms with van der Waals surface area (Å²) in [6.07, 6.45) is 8.79. The van der Waals surface area contributed by atoms with Crippen molar-refractivity contribution in [1.29, 1.82) is 0 Å². The predicted octanol–water partition coefficient (Wildman–Crippen LogP) is 18.9. The van der Waals surface area contributed by atoms with E-state index in [2.05, 4.69) is 260 Å². The number of aryl methyl sites for hydroxylation is 4. The van der Waals surface area contributed by atoms with Crippen molar-refractivity contribution in [2.45, 2.75) is 51.4 Å². The van der Waals surface area contributed by atoms with E-state index in [1.54, 1.807) is 0 Å². The number of benzene rings is 10. The lowest BCUT2D eigenvalue weighted by atomic mass is 9.99. The van der Waals surface area contributed by atoms with Crippen LogP contribution in [0, 0.1) is 0 Å². The summed E-state index contributed by atoms with van der Waals surface area (Å²) in [7, 11) is 0. The van der Waals surface area contributed by atoms with Crippen LogP contribution in [-0.2, 0) is 25.7 Å². The summed E-state index contributed by atoms with van der Waals surface area (Å²) < 4.78 is 7.12. The van der Waals surface area contributed by atoms with Gasteiger partial charge in [0.1, 0.15) is 11.2 Å². The van der Waals surface area contributed by atoms with Gasteiger partial charge in [0.25, 0.3) is 0 Å². The maximum Gasteiger partial charge on any atom is 0.137 e. The fourth-order valence-electron chi connectivity index (χ4n) is 13.3. The molecule has 11 aromatic rings. The molecule has 0 N–H and O–H groups in total. The molecule has 7 heteroatoms. The number of fused-ring (bicyclic) bond motifs is 7. The average Bonchev–Trinajstić information content (AvgIpc) is 3.94. The molecule has 4 aliphatic rings. The summed E-state index contributed by atoms with van der Waals surface area (Å²) in [5, 5.41) is 2.18. The van der Waals surface area contributed by atoms with Crippen LogP contribution in [0.1, 0.15) is 47.9 Å². The molecule has 5 heterocycles. The van der Waals surface area contributed by atoms with Gasteiger partial charge in [0.15, 0.2) is 0 Å². The van der Waals surface area contributed by atoms with Crippen LogP contribution >= 0.6 is 0 Å². The largest absolute Gasteiger partial charge is 0.456 e. The number of hydrogen-bond donors (Lipinski definition) is 0. The standard InChI is InChI=1S/C72H62N6O/c1-3-27-55(28-4-1)77(63-45-59(73-39-15-23-51-19-7-11-31-67(51)73)43-60(46-63)74-40-16-24-52-20-8-12-32-68(52)74)57-35-37-65-66-38-36-58(50-72(66)79-71(65)49-57)78(56-29-5-2-6-30-56)64-47-61(75-41-17-25-53-21-9-13-33-69(53)75)44-62(48-64)76-42-18-26-54-22-10-14-34-70(54)76/h1-14,19-22,27-38,43-50H,15-18,23-26,39-42H2. The normalized spacial score (nSPS) is 14.9. The van der Waals surface area contributed by atoms with Crippen LogP contribution in [0.25, 0.3) is 21.9 Å². The first-order valence-electron chi connectivity index (χ1n) is 28.5. The first kappa shape index (κ1) is 47.0. The molecular weight excluding hydrogens is 965 g/mol. The highest BCUT2D eigenvalue weighted by Crippen LogP contribution is 2.48. The fraction of sp³-hybridized carbons (Fsp3) is 0.167. The summed E-state index contributed by atoms with van der Waals surface area (Å²) in [4.78, 5) is 15.0. The maximum atomic E-state index is 7.12. The first-order valence-corrected chi connectivity index (χ1v) is 28.5. The molecule has 0 unspecified atom stereocenters. The Labute approximate surface area is 463 Å². The molecule has 1 aromatic heterocycles. The van der Waals surface area contributed by atoms with E-state index in [-0.39, 0.29) is 0 Å². The number of nitrogens with zero attached hydrogens (tertiary/aromatic N) is 6. The van der Waals surface area contributed by atoms with Crippen LogP contribution < -0.4 is 29.4 Å². The number of rotatable bonds is 10. The monoisotopic (exact) mass is 1030 g/mol. The Kier molecular flexibility index (Phi) is 11.9. The number of para-hydroxylation sites is 6. The molecule has 0 saturated heterocycles. The molecule has 10 aromatic carbocycles. The second kappa shape index (κ2) is 20.0. The Balaban J connectivity index is 0.865. The molecule has 0 amide bonds. The van der Waals surface area contributed by atoms with Crippen LogP contribution in [0.2, 0.25) is 0 Å². The smallest absolute Gasteiger partial charge is 0.137 e. The van der Waals surface area contributed by atoms with Gasteiger partial charge in [-0.1, -0.05) is 109 Å². The molecule has 0 atom stereocenters. The Bertz CT molecular complexity index is 3640. The lowest BCUT2D eigenvalue weighted by Gasteiger charge is -2.36. The van der Waals surface area contributed by atoms with Crippen molar-refractivity contribution in [3.05, 3.63) is 253 Å². The summed E-state index contributed by atoms with van der Waals surface area (Å²) >= 11 is 0. The van der Waals surface area contributed by atoms with Crippen molar-refractivity contribution in [3.63, 3.8) is 0 Å². The van der Waals surface area contributed by atoms with E-state index in [1.807, 2.05) is 0 Å². The topological polar surface area (TPSA) is 32.6 Å². The predicted molar refractivity (Wildman–Crippen MR) is 330 cm³/mol. The molecular formula is C72H62N6O. The van der Waals surface area contributed by atoms with E-state index >= 15 is 0 Å². The van der Waals surface area contributed by atoms with Gasteiger partial charge in [-0.05, 0) is 183 Å². The number of hydrogen-bond acceptors (Lipinski definition) is 7. The zero-order chi connectivity index (χ0) is 52.2. The molecule has 7 nitrogen and oxygen atoms in total. The van der Waals surface area contributed by atoms with Gasteiger partial charge in [-0.25, -0.2) is 0 Å². The van der Waals surface area contributed by atoms with Gasteiger partial charge in [0.05, 0.1) is 11.4 Å². The van der Waals surface area contributed by atoms with E-state index in [1.165, 1.54) is 67.8 Å². The Morgan fingerprint density at radius 1 is 0.266 bits per heavy atom. The second-order valence-corrected chi connectivity index (χ2v) is 21.8. The van der Waals surface area contributed by atoms with Crippen LogP contribution in [-0.4, -0.2) is 26.2 Å². The van der Waals surface area contributed by atoms with Crippen LogP contribution in [0.4, 0.5) is 79.6 Å². The maximum absolute atomic E-state index is 7.12. The van der Waals surface area contributed by atoms with Gasteiger partial charge >= 0.3 is 0 Å². The van der Waals surface area contributed by atoms with Gasteiger partial charge in [-0.15, -0.1) is 0 Å². The van der Waals surface area contributed by atoms with E-state index in [9.17, 15) is 0 Å². The molecule has 0 radical (unpaired) electrons. The third-order valence-corrected chi connectivity index (χ3v) is 17.0. The zero-order valence-electron chi connectivity index (χ0n) is 44.5. The molecule has 15 rings (SSSR count). The number of furan rings is 1. The fourth-order valence-corrected chi connectivity index (χ4v) is 13.3. The van der Waals surface area contributed by atoms with Crippen molar-refractivity contribution < 1.29 is 4.42 Å². The van der Waals surface area contributed by atoms with Gasteiger partial charge in [0, 0.05) is 117 Å². The van der Waals surface area contributed by atoms with Gasteiger partial charge in [-0.3, -0.25) is 0 Å². The van der Waals surface area contributed by atoms with E-state index in [0.29, 0.717) is 0 Å². The van der Waals surface area contributed by atoms with E-state index in [4.69, 9.17) is 4.42 Å². The van der Waals surface area contributed by atoms with Crippen molar-refractivity contribution >= 4 is 102 Å². The van der Waals surface area contributed by atoms with Gasteiger partial charge < -0.3 is 33.8 Å². The quantitative estimate of drug-likeness (QED) is 0.135. The van der Waals surface area contributed by atoms with Crippen molar-refractivity contribution in [2.24, 2.45) is 0 Å². The molecule has 79 heavy (non-hydrogen) atoms. The van der Waals surface area contributed by atoms with Crippen LogP contribution in [0.3, 0.4) is 0 Å². The third kappa shape index (κ3) is 8.61. The number of anilines is 14. The Morgan fingerprint density at radius 3 is 0.899 bits per heavy atom. The highest BCUT2D eigenvalue weighted by molar-refractivity contribution is 6.07. The summed E-state index contributed by atoms with van der Waals surface area (Å²) in [6.45, 7) is 3.85. The SMILES string of the molecule is c1ccc(N(c2cc(N3CCCc4ccccc43)cc(N3CCCc4ccccc43)c2)c2ccc3c(c2)oc2cc(N(c4ccccc4)c4cc(N5CCCc6ccccc65)cc(N5CCCc6ccccc65)c4)ccc23)cc1. The molecule has 0 fully saturated rings. The third-order valence-electron chi connectivity index (χ3n) is 17.0. The Hall–Kier alpha value is -9.20. The minimum absolute atomic E-state index is 0.847. The van der Waals surface area contributed by atoms with Crippen molar-refractivity contribution in [2.75, 3.05) is 55.6 Å². The minimum atomic E-state index is 0.847. The van der Waals surface area contributed by atoms with Gasteiger partial charge in [-0.2, -0.15) is 0 Å². The highest BCUT2D eigenvalue weighted by Gasteiger charge is 2.28. The van der Waals surface area contributed by atoms with Crippen molar-refractivity contribution in [1.82, 2.24) is 0 Å². The average molecular weight is 1030 g/mol. The van der Waals surface area contributed by atoms with E-state index < -0.39 is 0 Å². The van der Waals surface area contributed by atoms with Crippen LogP contribution in [0.5, 0.6) is 0 Å². The summed E-state index contributed by atoms with van der Waals surface area (Å²) in [5.74, 6) is 0. The highest BCUT2D eigenvalue weighted by atomic mass is 16.3. The van der Waals surface area contributed by atoms with Crippen LogP contribution in [0.15, 0.2) is 235 Å². The van der Waals surface area contributed by atoms with Gasteiger partial charge in [0.2, 0.25) is 0 Å². The second-order valence-electron chi connectivity index (χ2n) is 21.8. The van der Waals surface area contributed by atoms with E-state index in [0.717, 1.165) is 134 Å². The summed E-state index contributed by atoms with van der Waals surface area (Å²) in [6, 6.07) is 85.5. The lowest BCUT2D eigenvalue weighted by molar-refractivity contribution is 0.669. The molecule has 0 saturated carbocycles. The molecule has 0 spiro atoms. The molecule has 386 valence electrons. The molecule has 4 aliphatic heterocycles. The first-order chi connectivity index (χ1) is 39.1. The molecule has 0 bridgehead atoms. The minimum Gasteiger partial charge on any atom is -0.456 e. The zero-order valence-corrected chi connectivity index (χ0v) is 44.5.